The normalized spacial score (nSPS) is 11.0. The minimum Gasteiger partial charge on any atom is -0.341 e. The van der Waals surface area contributed by atoms with Gasteiger partial charge in [0, 0.05) is 12.1 Å². The molecule has 0 saturated heterocycles. The first-order valence-electron chi connectivity index (χ1n) is 6.21. The molecule has 0 amide bonds. The van der Waals surface area contributed by atoms with Crippen molar-refractivity contribution in [1.82, 2.24) is 15.3 Å². The molecule has 0 aliphatic rings. The van der Waals surface area contributed by atoms with Crippen LogP contribution < -0.4 is 5.32 Å². The Labute approximate surface area is 110 Å². The van der Waals surface area contributed by atoms with E-state index in [1.807, 2.05) is 30.3 Å². The van der Waals surface area contributed by atoms with E-state index in [4.69, 9.17) is 0 Å². The highest BCUT2D eigenvalue weighted by Crippen LogP contribution is 2.10. The van der Waals surface area contributed by atoms with Crippen LogP contribution >= 0.6 is 0 Å². The van der Waals surface area contributed by atoms with Crippen LogP contribution in [-0.2, 0) is 13.1 Å². The lowest BCUT2D eigenvalue weighted by Gasteiger charge is -2.03. The monoisotopic (exact) mass is 255 g/mol. The van der Waals surface area contributed by atoms with Gasteiger partial charge in [0.25, 0.3) is 0 Å². The summed E-state index contributed by atoms with van der Waals surface area (Å²) < 4.78 is 13.4. The smallest absolute Gasteiger partial charge is 0.127 e. The van der Waals surface area contributed by atoms with Gasteiger partial charge in [0.1, 0.15) is 11.6 Å². The molecule has 0 atom stereocenters. The fourth-order valence-electron chi connectivity index (χ4n) is 2.05. The molecule has 2 N–H and O–H groups in total. The number of H-pyrrole nitrogens is 1. The summed E-state index contributed by atoms with van der Waals surface area (Å²) in [6.07, 6.45) is 0. The molecule has 0 unspecified atom stereocenters. The van der Waals surface area contributed by atoms with Crippen LogP contribution in [0.4, 0.5) is 4.39 Å². The molecule has 2 aromatic carbocycles. The minimum atomic E-state index is -0.181. The van der Waals surface area contributed by atoms with Gasteiger partial charge >= 0.3 is 0 Å². The van der Waals surface area contributed by atoms with Crippen molar-refractivity contribution in [3.8, 4) is 0 Å². The van der Waals surface area contributed by atoms with Crippen molar-refractivity contribution in [2.45, 2.75) is 13.1 Å². The van der Waals surface area contributed by atoms with Crippen molar-refractivity contribution in [3.63, 3.8) is 0 Å². The predicted molar refractivity (Wildman–Crippen MR) is 73.0 cm³/mol. The van der Waals surface area contributed by atoms with Gasteiger partial charge in [0.05, 0.1) is 17.6 Å². The number of para-hydroxylation sites is 2. The molecule has 19 heavy (non-hydrogen) atoms. The van der Waals surface area contributed by atoms with Gasteiger partial charge < -0.3 is 10.3 Å². The molecule has 0 radical (unpaired) electrons. The van der Waals surface area contributed by atoms with E-state index in [0.717, 1.165) is 16.9 Å². The summed E-state index contributed by atoms with van der Waals surface area (Å²) in [5.74, 6) is 0.678. The zero-order valence-electron chi connectivity index (χ0n) is 10.4. The molecule has 0 aliphatic carbocycles. The molecule has 0 spiro atoms. The van der Waals surface area contributed by atoms with Crippen LogP contribution in [-0.4, -0.2) is 9.97 Å². The first-order chi connectivity index (χ1) is 9.33. The highest BCUT2D eigenvalue weighted by Gasteiger charge is 2.03. The maximum atomic E-state index is 13.4. The number of nitrogens with zero attached hydrogens (tertiary/aromatic N) is 1. The second-order valence-electron chi connectivity index (χ2n) is 4.40. The molecular weight excluding hydrogens is 241 g/mol. The van der Waals surface area contributed by atoms with E-state index < -0.39 is 0 Å². The van der Waals surface area contributed by atoms with Crippen LogP contribution in [0, 0.1) is 5.82 Å². The van der Waals surface area contributed by atoms with E-state index in [1.54, 1.807) is 12.1 Å². The van der Waals surface area contributed by atoms with Crippen molar-refractivity contribution in [3.05, 3.63) is 65.7 Å². The van der Waals surface area contributed by atoms with E-state index >= 15 is 0 Å². The summed E-state index contributed by atoms with van der Waals surface area (Å²) in [7, 11) is 0. The third kappa shape index (κ3) is 2.63. The molecule has 0 saturated carbocycles. The number of rotatable bonds is 4. The Morgan fingerprint density at radius 1 is 1.00 bits per heavy atom. The summed E-state index contributed by atoms with van der Waals surface area (Å²) in [5.41, 5.74) is 2.63. The van der Waals surface area contributed by atoms with Crippen LogP contribution in [0.5, 0.6) is 0 Å². The Morgan fingerprint density at radius 3 is 2.63 bits per heavy atom. The largest absolute Gasteiger partial charge is 0.341 e. The van der Waals surface area contributed by atoms with Crippen LogP contribution in [0.15, 0.2) is 48.5 Å². The van der Waals surface area contributed by atoms with Crippen LogP contribution in [0.2, 0.25) is 0 Å². The summed E-state index contributed by atoms with van der Waals surface area (Å²) >= 11 is 0. The topological polar surface area (TPSA) is 40.7 Å². The quantitative estimate of drug-likeness (QED) is 0.752. The van der Waals surface area contributed by atoms with Crippen molar-refractivity contribution < 1.29 is 4.39 Å². The number of nitrogens with one attached hydrogen (secondary N) is 2. The molecule has 0 bridgehead atoms. The van der Waals surface area contributed by atoms with Gasteiger partial charge in [0.2, 0.25) is 0 Å². The second kappa shape index (κ2) is 5.20. The lowest BCUT2D eigenvalue weighted by molar-refractivity contribution is 0.584. The third-order valence-corrected chi connectivity index (χ3v) is 3.00. The number of benzene rings is 2. The molecule has 3 rings (SSSR count). The van der Waals surface area contributed by atoms with Crippen molar-refractivity contribution in [2.75, 3.05) is 0 Å². The molecule has 4 heteroatoms. The van der Waals surface area contributed by atoms with Crippen LogP contribution in [0.25, 0.3) is 11.0 Å². The van der Waals surface area contributed by atoms with E-state index in [1.165, 1.54) is 6.07 Å². The number of aromatic amines is 1. The molecular formula is C15H14FN3. The Kier molecular flexibility index (Phi) is 3.25. The predicted octanol–water partition coefficient (Wildman–Crippen LogP) is 2.99. The Bertz CT molecular complexity index is 657. The fraction of sp³-hybridized carbons (Fsp3) is 0.133. The summed E-state index contributed by atoms with van der Waals surface area (Å²) in [5, 5.41) is 3.19. The first-order valence-corrected chi connectivity index (χ1v) is 6.21. The molecule has 3 aromatic rings. The summed E-state index contributed by atoms with van der Waals surface area (Å²) in [6, 6.07) is 14.7. The van der Waals surface area contributed by atoms with E-state index in [0.29, 0.717) is 18.7 Å². The Hall–Kier alpha value is -2.20. The molecule has 0 fully saturated rings. The third-order valence-electron chi connectivity index (χ3n) is 3.00. The van der Waals surface area contributed by atoms with Gasteiger partial charge in [-0.15, -0.1) is 0 Å². The zero-order chi connectivity index (χ0) is 13.1. The number of imidazole rings is 1. The molecule has 1 heterocycles. The zero-order valence-corrected chi connectivity index (χ0v) is 10.4. The van der Waals surface area contributed by atoms with Crippen molar-refractivity contribution in [2.24, 2.45) is 0 Å². The fourth-order valence-corrected chi connectivity index (χ4v) is 2.05. The van der Waals surface area contributed by atoms with E-state index in [2.05, 4.69) is 15.3 Å². The number of aromatic nitrogens is 2. The number of fused-ring (bicyclic) bond motifs is 1. The first kappa shape index (κ1) is 11.9. The molecule has 3 nitrogen and oxygen atoms in total. The van der Waals surface area contributed by atoms with E-state index in [-0.39, 0.29) is 5.82 Å². The number of halogens is 1. The van der Waals surface area contributed by atoms with Gasteiger partial charge in [-0.05, 0) is 18.2 Å². The minimum absolute atomic E-state index is 0.181. The van der Waals surface area contributed by atoms with Gasteiger partial charge in [-0.3, -0.25) is 0 Å². The summed E-state index contributed by atoms with van der Waals surface area (Å²) in [4.78, 5) is 7.68. The lowest BCUT2D eigenvalue weighted by Crippen LogP contribution is -2.14. The maximum absolute atomic E-state index is 13.4. The Balaban J connectivity index is 1.65. The number of hydrogen-bond acceptors (Lipinski definition) is 2. The van der Waals surface area contributed by atoms with Gasteiger partial charge in [-0.25, -0.2) is 9.37 Å². The molecule has 1 aromatic heterocycles. The summed E-state index contributed by atoms with van der Waals surface area (Å²) in [6.45, 7) is 1.08. The van der Waals surface area contributed by atoms with Gasteiger partial charge in [0.15, 0.2) is 0 Å². The highest BCUT2D eigenvalue weighted by atomic mass is 19.1. The maximum Gasteiger partial charge on any atom is 0.127 e. The van der Waals surface area contributed by atoms with Crippen molar-refractivity contribution >= 4 is 11.0 Å². The average Bonchev–Trinajstić information content (AvgIpc) is 2.83. The molecule has 96 valence electrons. The SMILES string of the molecule is Fc1ccccc1CNCc1nc2ccccc2[nH]1. The second-order valence-corrected chi connectivity index (χ2v) is 4.40. The lowest BCUT2D eigenvalue weighted by atomic mass is 10.2. The van der Waals surface area contributed by atoms with Crippen LogP contribution in [0.3, 0.4) is 0 Å². The van der Waals surface area contributed by atoms with Crippen LogP contribution in [0.1, 0.15) is 11.4 Å². The Morgan fingerprint density at radius 2 is 1.79 bits per heavy atom. The highest BCUT2D eigenvalue weighted by molar-refractivity contribution is 5.74. The average molecular weight is 255 g/mol. The van der Waals surface area contributed by atoms with E-state index in [9.17, 15) is 4.39 Å². The van der Waals surface area contributed by atoms with Crippen molar-refractivity contribution in [1.29, 1.82) is 0 Å². The standard InChI is InChI=1S/C15H14FN3/c16-12-6-2-1-5-11(12)9-17-10-15-18-13-7-3-4-8-14(13)19-15/h1-8,17H,9-10H2,(H,18,19). The molecule has 0 aliphatic heterocycles. The number of hydrogen-bond donors (Lipinski definition) is 2. The van der Waals surface area contributed by atoms with Gasteiger partial charge in [-0.2, -0.15) is 0 Å². The van der Waals surface area contributed by atoms with Gasteiger partial charge in [-0.1, -0.05) is 30.3 Å².